The molecule has 0 radical (unpaired) electrons. The van der Waals surface area contributed by atoms with Gasteiger partial charge in [0.2, 0.25) is 17.7 Å². The smallest absolute Gasteiger partial charge is 0.326 e. The van der Waals surface area contributed by atoms with Crippen molar-refractivity contribution in [3.05, 3.63) is 0 Å². The monoisotopic (exact) mass is 436 g/mol. The van der Waals surface area contributed by atoms with Crippen LogP contribution in [-0.2, 0) is 28.8 Å². The number of nitrogens with two attached hydrogens (primary N) is 1. The van der Waals surface area contributed by atoms with Crippen molar-refractivity contribution in [2.24, 2.45) is 5.73 Å². The average molecular weight is 436 g/mol. The molecule has 0 aromatic carbocycles. The normalized spacial score (nSPS) is 15.6. The van der Waals surface area contributed by atoms with E-state index in [2.05, 4.69) is 0 Å². The van der Waals surface area contributed by atoms with Gasteiger partial charge in [-0.05, 0) is 6.92 Å². The Hall–Kier alpha value is -3.30. The first-order valence-corrected chi connectivity index (χ1v) is 8.42. The van der Waals surface area contributed by atoms with Gasteiger partial charge in [-0.2, -0.15) is 0 Å². The van der Waals surface area contributed by atoms with Crippen molar-refractivity contribution in [1.29, 1.82) is 0 Å². The van der Waals surface area contributed by atoms with E-state index >= 15 is 0 Å². The fourth-order valence-electron chi connectivity index (χ4n) is 2.04. The van der Waals surface area contributed by atoms with Crippen LogP contribution in [0.1, 0.15) is 19.8 Å². The van der Waals surface area contributed by atoms with E-state index in [0.29, 0.717) is 0 Å². The van der Waals surface area contributed by atoms with Crippen molar-refractivity contribution in [2.45, 2.75) is 50.0 Å². The number of aliphatic carboxylic acids is 3. The maximum atomic E-state index is 12.4. The molecule has 3 amide bonds. The van der Waals surface area contributed by atoms with Gasteiger partial charge in [-0.1, -0.05) is 0 Å². The summed E-state index contributed by atoms with van der Waals surface area (Å²) in [5, 5.41) is 50.9. The van der Waals surface area contributed by atoms with Gasteiger partial charge in [-0.3, -0.25) is 24.0 Å². The summed E-state index contributed by atoms with van der Waals surface area (Å²) in [5.74, 6) is -8.39. The third-order valence-electron chi connectivity index (χ3n) is 3.60. The zero-order valence-electron chi connectivity index (χ0n) is 15.8. The Kier molecular flexibility index (Phi) is 10.9. The minimum atomic E-state index is -1.90. The minimum Gasteiger partial charge on any atom is -0.481 e. The Labute approximate surface area is 169 Å². The van der Waals surface area contributed by atoms with Crippen LogP contribution in [0.2, 0.25) is 0 Å². The van der Waals surface area contributed by atoms with E-state index in [1.54, 1.807) is 5.32 Å². The zero-order valence-corrected chi connectivity index (χ0v) is 15.8. The number of carbonyl (C=O) groups excluding carboxylic acids is 3. The van der Waals surface area contributed by atoms with Gasteiger partial charge in [0.05, 0.1) is 25.6 Å². The molecular formula is C15H24N4O11. The van der Waals surface area contributed by atoms with Gasteiger partial charge in [-0.25, -0.2) is 4.79 Å². The number of amides is 3. The molecule has 15 heteroatoms. The molecule has 5 unspecified atom stereocenters. The molecule has 0 heterocycles. The lowest BCUT2D eigenvalue weighted by Crippen LogP contribution is -2.60. The molecule has 5 atom stereocenters. The molecule has 0 fully saturated rings. The van der Waals surface area contributed by atoms with E-state index in [0.717, 1.165) is 6.92 Å². The average Bonchev–Trinajstić information content (AvgIpc) is 2.62. The molecule has 0 rings (SSSR count). The first kappa shape index (κ1) is 26.7. The summed E-state index contributed by atoms with van der Waals surface area (Å²) in [6.45, 7) is 0.318. The first-order valence-electron chi connectivity index (χ1n) is 8.42. The van der Waals surface area contributed by atoms with Crippen LogP contribution < -0.4 is 21.7 Å². The van der Waals surface area contributed by atoms with Crippen molar-refractivity contribution < 1.29 is 54.3 Å². The van der Waals surface area contributed by atoms with Crippen molar-refractivity contribution in [3.63, 3.8) is 0 Å². The third-order valence-corrected chi connectivity index (χ3v) is 3.60. The molecule has 0 aliphatic carbocycles. The summed E-state index contributed by atoms with van der Waals surface area (Å²) >= 11 is 0. The number of carboxylic acids is 3. The highest BCUT2D eigenvalue weighted by Crippen LogP contribution is 2.01. The Bertz CT molecular complexity index is 681. The SMILES string of the molecule is CC(O)C(NC(=O)C(N)CO)C(=O)NC(CC(=O)O)C(=O)NC(CC(=O)O)C(=O)O. The van der Waals surface area contributed by atoms with E-state index in [1.165, 1.54) is 0 Å². The fourth-order valence-corrected chi connectivity index (χ4v) is 2.04. The number of hydrogen-bond donors (Lipinski definition) is 9. The predicted molar refractivity (Wildman–Crippen MR) is 94.7 cm³/mol. The van der Waals surface area contributed by atoms with Crippen LogP contribution in [0.25, 0.3) is 0 Å². The minimum absolute atomic E-state index is 0.774. The maximum Gasteiger partial charge on any atom is 0.326 e. The molecule has 0 saturated carbocycles. The van der Waals surface area contributed by atoms with Gasteiger partial charge in [0, 0.05) is 0 Å². The standard InChI is InChI=1S/C15H24N4O11/c1-5(21)11(19-12(26)6(16)4-20)14(28)17-7(2-9(22)23)13(27)18-8(15(29)30)3-10(24)25/h5-8,11,20-21H,2-4,16H2,1H3,(H,17,28)(H,18,27)(H,19,26)(H,22,23)(H,24,25)(H,29,30). The Balaban J connectivity index is 5.45. The number of aliphatic hydroxyl groups is 2. The molecule has 30 heavy (non-hydrogen) atoms. The molecular weight excluding hydrogens is 412 g/mol. The molecule has 10 N–H and O–H groups in total. The van der Waals surface area contributed by atoms with Crippen molar-refractivity contribution in [1.82, 2.24) is 16.0 Å². The zero-order chi connectivity index (χ0) is 23.6. The quantitative estimate of drug-likeness (QED) is 0.132. The van der Waals surface area contributed by atoms with Crippen LogP contribution in [0.4, 0.5) is 0 Å². The van der Waals surface area contributed by atoms with Crippen molar-refractivity contribution >= 4 is 35.6 Å². The van der Waals surface area contributed by atoms with Crippen LogP contribution in [-0.4, -0.2) is 98.0 Å². The van der Waals surface area contributed by atoms with Crippen LogP contribution in [0.5, 0.6) is 0 Å². The molecule has 0 spiro atoms. The van der Waals surface area contributed by atoms with E-state index in [-0.39, 0.29) is 0 Å². The lowest BCUT2D eigenvalue weighted by Gasteiger charge is -2.25. The second-order valence-electron chi connectivity index (χ2n) is 6.17. The summed E-state index contributed by atoms with van der Waals surface area (Å²) < 4.78 is 0. The Morgan fingerprint density at radius 3 is 1.67 bits per heavy atom. The van der Waals surface area contributed by atoms with E-state index in [9.17, 15) is 33.9 Å². The first-order chi connectivity index (χ1) is 13.8. The molecule has 0 bridgehead atoms. The lowest BCUT2D eigenvalue weighted by molar-refractivity contribution is -0.148. The van der Waals surface area contributed by atoms with Gasteiger partial charge in [0.15, 0.2) is 0 Å². The molecule has 0 saturated heterocycles. The maximum absolute atomic E-state index is 12.4. The van der Waals surface area contributed by atoms with Crippen LogP contribution in [0, 0.1) is 0 Å². The molecule has 15 nitrogen and oxygen atoms in total. The summed E-state index contributed by atoms with van der Waals surface area (Å²) in [4.78, 5) is 69.1. The molecule has 0 aliphatic rings. The number of rotatable bonds is 13. The molecule has 0 aromatic heterocycles. The summed E-state index contributed by atoms with van der Waals surface area (Å²) in [7, 11) is 0. The lowest BCUT2D eigenvalue weighted by atomic mass is 10.1. The van der Waals surface area contributed by atoms with E-state index in [4.69, 9.17) is 26.2 Å². The van der Waals surface area contributed by atoms with Gasteiger partial charge in [-0.15, -0.1) is 0 Å². The number of aliphatic hydroxyl groups excluding tert-OH is 2. The molecule has 0 aromatic rings. The highest BCUT2D eigenvalue weighted by Gasteiger charge is 2.33. The largest absolute Gasteiger partial charge is 0.481 e. The number of carbonyl (C=O) groups is 6. The van der Waals surface area contributed by atoms with Gasteiger partial charge in [0.25, 0.3) is 0 Å². The van der Waals surface area contributed by atoms with Gasteiger partial charge in [0.1, 0.15) is 24.2 Å². The summed E-state index contributed by atoms with van der Waals surface area (Å²) in [6.07, 6.45) is -3.57. The topological polar surface area (TPSA) is 266 Å². The van der Waals surface area contributed by atoms with Crippen LogP contribution >= 0.6 is 0 Å². The van der Waals surface area contributed by atoms with Gasteiger partial charge >= 0.3 is 17.9 Å². The van der Waals surface area contributed by atoms with Crippen LogP contribution in [0.3, 0.4) is 0 Å². The van der Waals surface area contributed by atoms with Crippen LogP contribution in [0.15, 0.2) is 0 Å². The van der Waals surface area contributed by atoms with E-state index in [1.807, 2.05) is 10.6 Å². The van der Waals surface area contributed by atoms with Crippen molar-refractivity contribution in [2.75, 3.05) is 6.61 Å². The second-order valence-corrected chi connectivity index (χ2v) is 6.17. The second kappa shape index (κ2) is 12.3. The number of carboxylic acid groups (broad SMARTS) is 3. The Morgan fingerprint density at radius 2 is 1.27 bits per heavy atom. The number of hydrogen-bond acceptors (Lipinski definition) is 9. The van der Waals surface area contributed by atoms with Gasteiger partial charge < -0.3 is 47.2 Å². The highest BCUT2D eigenvalue weighted by atomic mass is 16.4. The molecule has 0 aliphatic heterocycles. The van der Waals surface area contributed by atoms with Crippen molar-refractivity contribution in [3.8, 4) is 0 Å². The summed E-state index contributed by atoms with van der Waals surface area (Å²) in [6, 6.07) is -6.90. The third kappa shape index (κ3) is 9.26. The molecule has 170 valence electrons. The predicted octanol–water partition coefficient (Wildman–Crippen LogP) is -4.82. The highest BCUT2D eigenvalue weighted by molar-refractivity contribution is 5.96. The summed E-state index contributed by atoms with van der Waals surface area (Å²) in [5.41, 5.74) is 5.28. The fraction of sp³-hybridized carbons (Fsp3) is 0.600. The van der Waals surface area contributed by atoms with E-state index < -0.39 is 85.3 Å². The Morgan fingerprint density at radius 1 is 0.800 bits per heavy atom. The number of nitrogens with one attached hydrogen (secondary N) is 3.